The van der Waals surface area contributed by atoms with Gasteiger partial charge in [0.25, 0.3) is 0 Å². The summed E-state index contributed by atoms with van der Waals surface area (Å²) in [5.41, 5.74) is 0.770. The van der Waals surface area contributed by atoms with Crippen molar-refractivity contribution in [3.05, 3.63) is 0 Å². The second-order valence-electron chi connectivity index (χ2n) is 6.14. The summed E-state index contributed by atoms with van der Waals surface area (Å²) in [7, 11) is 4.37. The zero-order chi connectivity index (χ0) is 11.6. The Kier molecular flexibility index (Phi) is 3.91. The SMILES string of the molecule is CCN(C)C1CCC2(CC1)CC(CNC)C2. The van der Waals surface area contributed by atoms with Gasteiger partial charge in [0.2, 0.25) is 0 Å². The van der Waals surface area contributed by atoms with E-state index >= 15 is 0 Å². The van der Waals surface area contributed by atoms with Gasteiger partial charge in [-0.05, 0) is 77.0 Å². The van der Waals surface area contributed by atoms with Gasteiger partial charge in [-0.1, -0.05) is 6.92 Å². The summed E-state index contributed by atoms with van der Waals surface area (Å²) in [5.74, 6) is 0.977. The number of hydrogen-bond donors (Lipinski definition) is 1. The van der Waals surface area contributed by atoms with Crippen LogP contribution < -0.4 is 5.32 Å². The Bertz CT molecular complexity index is 211. The average molecular weight is 224 g/mol. The predicted molar refractivity (Wildman–Crippen MR) is 69.6 cm³/mol. The van der Waals surface area contributed by atoms with E-state index in [0.29, 0.717) is 0 Å². The maximum Gasteiger partial charge on any atom is 0.00925 e. The van der Waals surface area contributed by atoms with E-state index in [1.165, 1.54) is 51.6 Å². The zero-order valence-corrected chi connectivity index (χ0v) is 11.3. The van der Waals surface area contributed by atoms with Crippen LogP contribution in [0.25, 0.3) is 0 Å². The fraction of sp³-hybridized carbons (Fsp3) is 1.00. The lowest BCUT2D eigenvalue weighted by Crippen LogP contribution is -2.46. The zero-order valence-electron chi connectivity index (χ0n) is 11.3. The van der Waals surface area contributed by atoms with Crippen LogP contribution in [-0.2, 0) is 0 Å². The Morgan fingerprint density at radius 1 is 1.25 bits per heavy atom. The van der Waals surface area contributed by atoms with Crippen molar-refractivity contribution in [2.45, 2.75) is 51.5 Å². The van der Waals surface area contributed by atoms with Gasteiger partial charge in [-0.2, -0.15) is 0 Å². The van der Waals surface area contributed by atoms with Gasteiger partial charge < -0.3 is 10.2 Å². The molecule has 2 heteroatoms. The van der Waals surface area contributed by atoms with Crippen molar-refractivity contribution >= 4 is 0 Å². The minimum atomic E-state index is 0.770. The molecule has 0 unspecified atom stereocenters. The Balaban J connectivity index is 1.74. The van der Waals surface area contributed by atoms with Crippen LogP contribution in [0.1, 0.15) is 45.4 Å². The van der Waals surface area contributed by atoms with Crippen LogP contribution in [0, 0.1) is 11.3 Å². The maximum absolute atomic E-state index is 3.32. The van der Waals surface area contributed by atoms with E-state index in [-0.39, 0.29) is 0 Å². The molecule has 2 rings (SSSR count). The van der Waals surface area contributed by atoms with Crippen LogP contribution in [0.2, 0.25) is 0 Å². The number of nitrogens with zero attached hydrogens (tertiary/aromatic N) is 1. The fourth-order valence-corrected chi connectivity index (χ4v) is 3.92. The van der Waals surface area contributed by atoms with Crippen LogP contribution in [0.5, 0.6) is 0 Å². The summed E-state index contributed by atoms with van der Waals surface area (Å²) in [4.78, 5) is 2.54. The first-order chi connectivity index (χ1) is 7.69. The van der Waals surface area contributed by atoms with Crippen molar-refractivity contribution in [2.24, 2.45) is 11.3 Å². The molecule has 0 saturated heterocycles. The molecule has 2 fully saturated rings. The third-order valence-corrected chi connectivity index (χ3v) is 5.07. The van der Waals surface area contributed by atoms with E-state index < -0.39 is 0 Å². The van der Waals surface area contributed by atoms with Gasteiger partial charge in [0.15, 0.2) is 0 Å². The van der Waals surface area contributed by atoms with Gasteiger partial charge in [0.1, 0.15) is 0 Å². The molecular weight excluding hydrogens is 196 g/mol. The molecule has 0 aromatic carbocycles. The third-order valence-electron chi connectivity index (χ3n) is 5.07. The van der Waals surface area contributed by atoms with Gasteiger partial charge >= 0.3 is 0 Å². The van der Waals surface area contributed by atoms with E-state index in [1.807, 2.05) is 0 Å². The number of rotatable bonds is 4. The molecule has 0 amide bonds. The summed E-state index contributed by atoms with van der Waals surface area (Å²) in [5, 5.41) is 3.32. The Morgan fingerprint density at radius 2 is 1.88 bits per heavy atom. The molecule has 0 aromatic rings. The van der Waals surface area contributed by atoms with Crippen LogP contribution >= 0.6 is 0 Å². The number of hydrogen-bond acceptors (Lipinski definition) is 2. The highest BCUT2D eigenvalue weighted by molar-refractivity contribution is 4.98. The Morgan fingerprint density at radius 3 is 2.38 bits per heavy atom. The van der Waals surface area contributed by atoms with E-state index in [0.717, 1.165) is 17.4 Å². The molecule has 0 atom stereocenters. The van der Waals surface area contributed by atoms with Crippen molar-refractivity contribution in [3.63, 3.8) is 0 Å². The lowest BCUT2D eigenvalue weighted by Gasteiger charge is -2.52. The molecule has 94 valence electrons. The van der Waals surface area contributed by atoms with Crippen LogP contribution in [0.15, 0.2) is 0 Å². The molecule has 0 bridgehead atoms. The molecular formula is C14H28N2. The summed E-state index contributed by atoms with van der Waals surface area (Å²) in [6.07, 6.45) is 8.85. The summed E-state index contributed by atoms with van der Waals surface area (Å²) in [6, 6.07) is 0.874. The quantitative estimate of drug-likeness (QED) is 0.789. The highest BCUT2D eigenvalue weighted by Gasteiger charge is 2.45. The normalized spacial score (nSPS) is 39.0. The second kappa shape index (κ2) is 5.05. The van der Waals surface area contributed by atoms with Gasteiger partial charge in [-0.3, -0.25) is 0 Å². The highest BCUT2D eigenvalue weighted by atomic mass is 15.1. The van der Waals surface area contributed by atoms with Crippen molar-refractivity contribution in [2.75, 3.05) is 27.2 Å². The van der Waals surface area contributed by atoms with Crippen molar-refractivity contribution in [3.8, 4) is 0 Å². The molecule has 16 heavy (non-hydrogen) atoms. The summed E-state index contributed by atoms with van der Waals surface area (Å²) >= 11 is 0. The molecule has 1 spiro atoms. The van der Waals surface area contributed by atoms with Crippen molar-refractivity contribution < 1.29 is 0 Å². The number of nitrogens with one attached hydrogen (secondary N) is 1. The lowest BCUT2D eigenvalue weighted by atomic mass is 9.55. The molecule has 0 heterocycles. The van der Waals surface area contributed by atoms with E-state index in [4.69, 9.17) is 0 Å². The lowest BCUT2D eigenvalue weighted by molar-refractivity contribution is -0.00683. The fourth-order valence-electron chi connectivity index (χ4n) is 3.92. The van der Waals surface area contributed by atoms with E-state index in [9.17, 15) is 0 Å². The second-order valence-corrected chi connectivity index (χ2v) is 6.14. The molecule has 0 aromatic heterocycles. The largest absolute Gasteiger partial charge is 0.319 e. The standard InChI is InChI=1S/C14H28N2/c1-4-16(3)13-5-7-14(8-6-13)9-12(10-14)11-15-2/h12-13,15H,4-11H2,1-3H3. The Labute approximate surface area is 101 Å². The smallest absolute Gasteiger partial charge is 0.00925 e. The summed E-state index contributed by atoms with van der Waals surface area (Å²) in [6.45, 7) is 4.72. The highest BCUT2D eigenvalue weighted by Crippen LogP contribution is 2.54. The first-order valence-corrected chi connectivity index (χ1v) is 7.04. The molecule has 2 aliphatic carbocycles. The van der Waals surface area contributed by atoms with Gasteiger partial charge in [0, 0.05) is 6.04 Å². The molecule has 0 radical (unpaired) electrons. The minimum Gasteiger partial charge on any atom is -0.319 e. The van der Waals surface area contributed by atoms with Crippen LogP contribution in [0.3, 0.4) is 0 Å². The molecule has 2 saturated carbocycles. The third kappa shape index (κ3) is 2.43. The minimum absolute atomic E-state index is 0.770. The molecule has 1 N–H and O–H groups in total. The predicted octanol–water partition coefficient (Wildman–Crippen LogP) is 2.50. The van der Waals surface area contributed by atoms with Gasteiger partial charge in [-0.25, -0.2) is 0 Å². The van der Waals surface area contributed by atoms with Gasteiger partial charge in [-0.15, -0.1) is 0 Å². The van der Waals surface area contributed by atoms with Crippen LogP contribution in [-0.4, -0.2) is 38.1 Å². The first kappa shape index (κ1) is 12.4. The van der Waals surface area contributed by atoms with E-state index in [1.54, 1.807) is 0 Å². The average Bonchev–Trinajstić information content (AvgIpc) is 2.27. The Hall–Kier alpha value is -0.0800. The molecule has 2 aliphatic rings. The van der Waals surface area contributed by atoms with Crippen LogP contribution in [0.4, 0.5) is 0 Å². The monoisotopic (exact) mass is 224 g/mol. The van der Waals surface area contributed by atoms with E-state index in [2.05, 4.69) is 31.2 Å². The summed E-state index contributed by atoms with van der Waals surface area (Å²) < 4.78 is 0. The topological polar surface area (TPSA) is 15.3 Å². The van der Waals surface area contributed by atoms with Crippen molar-refractivity contribution in [1.29, 1.82) is 0 Å². The van der Waals surface area contributed by atoms with Crippen molar-refractivity contribution in [1.82, 2.24) is 10.2 Å². The van der Waals surface area contributed by atoms with Gasteiger partial charge in [0.05, 0.1) is 0 Å². The maximum atomic E-state index is 3.32. The molecule has 2 nitrogen and oxygen atoms in total. The first-order valence-electron chi connectivity index (χ1n) is 7.04. The molecule has 0 aliphatic heterocycles.